The predicted octanol–water partition coefficient (Wildman–Crippen LogP) is 4.00. The number of hydrogen-bond acceptors (Lipinski definition) is 3. The summed E-state index contributed by atoms with van der Waals surface area (Å²) in [5.74, 6) is 0.936. The van der Waals surface area contributed by atoms with E-state index < -0.39 is 0 Å². The van der Waals surface area contributed by atoms with Crippen LogP contribution >= 0.6 is 0 Å². The molecular weight excluding hydrogens is 260 g/mol. The van der Waals surface area contributed by atoms with Gasteiger partial charge in [-0.2, -0.15) is 0 Å². The van der Waals surface area contributed by atoms with Crippen molar-refractivity contribution in [2.75, 3.05) is 24.3 Å². The Morgan fingerprint density at radius 3 is 2.62 bits per heavy atom. The molecule has 0 saturated heterocycles. The molecule has 0 heterocycles. The average molecular weight is 284 g/mol. The van der Waals surface area contributed by atoms with Crippen LogP contribution in [0.4, 0.5) is 11.4 Å². The van der Waals surface area contributed by atoms with Crippen molar-refractivity contribution in [2.24, 2.45) is 0 Å². The fourth-order valence-electron chi connectivity index (χ4n) is 2.53. The first-order valence-electron chi connectivity index (χ1n) is 7.38. The molecule has 21 heavy (non-hydrogen) atoms. The van der Waals surface area contributed by atoms with E-state index in [2.05, 4.69) is 36.9 Å². The minimum absolute atomic E-state index is 0.796. The summed E-state index contributed by atoms with van der Waals surface area (Å²) in [6.45, 7) is 6.10. The molecule has 0 aromatic heterocycles. The molecule has 0 saturated carbocycles. The standard InChI is InChI=1S/C18H24N2O/c1-4-10-20(17-7-5-6-16(19)12-17)13-15-11-14(2)8-9-18(15)21-3/h5-9,11-12H,4,10,13,19H2,1-3H3. The van der Waals surface area contributed by atoms with Crippen LogP contribution in [0.5, 0.6) is 5.75 Å². The summed E-state index contributed by atoms with van der Waals surface area (Å²) < 4.78 is 5.49. The van der Waals surface area contributed by atoms with Gasteiger partial charge in [0.25, 0.3) is 0 Å². The maximum Gasteiger partial charge on any atom is 0.123 e. The largest absolute Gasteiger partial charge is 0.496 e. The second-order valence-corrected chi connectivity index (χ2v) is 5.33. The van der Waals surface area contributed by atoms with Crippen LogP contribution in [-0.2, 0) is 6.54 Å². The molecule has 0 fully saturated rings. The number of nitrogens with zero attached hydrogens (tertiary/aromatic N) is 1. The van der Waals surface area contributed by atoms with Crippen LogP contribution in [0, 0.1) is 6.92 Å². The van der Waals surface area contributed by atoms with Crippen LogP contribution < -0.4 is 15.4 Å². The summed E-state index contributed by atoms with van der Waals surface area (Å²) in [4.78, 5) is 2.34. The number of benzene rings is 2. The topological polar surface area (TPSA) is 38.5 Å². The van der Waals surface area contributed by atoms with Gasteiger partial charge in [-0.25, -0.2) is 0 Å². The highest BCUT2D eigenvalue weighted by atomic mass is 16.5. The van der Waals surface area contributed by atoms with E-state index in [1.54, 1.807) is 7.11 Å². The van der Waals surface area contributed by atoms with Crippen molar-refractivity contribution in [1.29, 1.82) is 0 Å². The lowest BCUT2D eigenvalue weighted by Gasteiger charge is -2.26. The monoisotopic (exact) mass is 284 g/mol. The molecule has 3 nitrogen and oxygen atoms in total. The van der Waals surface area contributed by atoms with Gasteiger partial charge in [-0.05, 0) is 37.6 Å². The van der Waals surface area contributed by atoms with E-state index >= 15 is 0 Å². The molecule has 2 N–H and O–H groups in total. The van der Waals surface area contributed by atoms with Gasteiger partial charge in [0.2, 0.25) is 0 Å². The van der Waals surface area contributed by atoms with Gasteiger partial charge in [0.05, 0.1) is 7.11 Å². The number of anilines is 2. The molecule has 0 spiro atoms. The van der Waals surface area contributed by atoms with Gasteiger partial charge < -0.3 is 15.4 Å². The number of methoxy groups -OCH3 is 1. The van der Waals surface area contributed by atoms with E-state index in [0.717, 1.165) is 36.6 Å². The van der Waals surface area contributed by atoms with E-state index in [1.807, 2.05) is 24.3 Å². The van der Waals surface area contributed by atoms with E-state index in [-0.39, 0.29) is 0 Å². The van der Waals surface area contributed by atoms with Crippen LogP contribution in [0.3, 0.4) is 0 Å². The second-order valence-electron chi connectivity index (χ2n) is 5.33. The molecule has 0 aliphatic carbocycles. The van der Waals surface area contributed by atoms with Crippen LogP contribution in [0.15, 0.2) is 42.5 Å². The molecule has 0 amide bonds. The minimum atomic E-state index is 0.796. The predicted molar refractivity (Wildman–Crippen MR) is 89.9 cm³/mol. The summed E-state index contributed by atoms with van der Waals surface area (Å²) in [5, 5.41) is 0. The van der Waals surface area contributed by atoms with Crippen LogP contribution in [0.25, 0.3) is 0 Å². The number of rotatable bonds is 6. The molecule has 112 valence electrons. The third kappa shape index (κ3) is 3.91. The van der Waals surface area contributed by atoms with Crippen LogP contribution in [0.2, 0.25) is 0 Å². The third-order valence-corrected chi connectivity index (χ3v) is 3.53. The van der Waals surface area contributed by atoms with Crippen molar-refractivity contribution in [3.63, 3.8) is 0 Å². The molecule has 0 radical (unpaired) electrons. The average Bonchev–Trinajstić information content (AvgIpc) is 2.47. The van der Waals surface area contributed by atoms with Gasteiger partial charge in [0.15, 0.2) is 0 Å². The Morgan fingerprint density at radius 2 is 1.95 bits per heavy atom. The Balaban J connectivity index is 2.30. The lowest BCUT2D eigenvalue weighted by Crippen LogP contribution is -2.23. The van der Waals surface area contributed by atoms with Gasteiger partial charge in [0.1, 0.15) is 5.75 Å². The van der Waals surface area contributed by atoms with Crippen molar-refractivity contribution in [3.05, 3.63) is 53.6 Å². The van der Waals surface area contributed by atoms with Crippen molar-refractivity contribution in [3.8, 4) is 5.75 Å². The highest BCUT2D eigenvalue weighted by Gasteiger charge is 2.11. The molecule has 0 bridgehead atoms. The molecule has 2 aromatic carbocycles. The van der Waals surface area contributed by atoms with Crippen LogP contribution in [-0.4, -0.2) is 13.7 Å². The zero-order valence-corrected chi connectivity index (χ0v) is 13.1. The Hall–Kier alpha value is -2.16. The molecule has 0 aliphatic heterocycles. The molecule has 2 aromatic rings. The fraction of sp³-hybridized carbons (Fsp3) is 0.333. The first-order chi connectivity index (χ1) is 10.1. The van der Waals surface area contributed by atoms with Crippen molar-refractivity contribution >= 4 is 11.4 Å². The van der Waals surface area contributed by atoms with Crippen molar-refractivity contribution in [2.45, 2.75) is 26.8 Å². The number of nitrogens with two attached hydrogens (primary N) is 1. The molecule has 2 rings (SSSR count). The van der Waals surface area contributed by atoms with Gasteiger partial charge in [0, 0.05) is 30.0 Å². The SMILES string of the molecule is CCCN(Cc1cc(C)ccc1OC)c1cccc(N)c1. The third-order valence-electron chi connectivity index (χ3n) is 3.53. The summed E-state index contributed by atoms with van der Waals surface area (Å²) in [6, 6.07) is 14.4. The van der Waals surface area contributed by atoms with Crippen LogP contribution in [0.1, 0.15) is 24.5 Å². The van der Waals surface area contributed by atoms with Gasteiger partial charge in [-0.15, -0.1) is 0 Å². The Labute approximate surface area is 127 Å². The lowest BCUT2D eigenvalue weighted by atomic mass is 10.1. The summed E-state index contributed by atoms with van der Waals surface area (Å²) in [5.41, 5.74) is 10.3. The van der Waals surface area contributed by atoms with Gasteiger partial charge in [-0.1, -0.05) is 30.7 Å². The molecule has 0 unspecified atom stereocenters. The number of nitrogen functional groups attached to an aromatic ring is 1. The van der Waals surface area contributed by atoms with Gasteiger partial charge >= 0.3 is 0 Å². The normalized spacial score (nSPS) is 10.4. The van der Waals surface area contributed by atoms with E-state index in [1.165, 1.54) is 11.1 Å². The quantitative estimate of drug-likeness (QED) is 0.815. The van der Waals surface area contributed by atoms with Crippen molar-refractivity contribution in [1.82, 2.24) is 0 Å². The first-order valence-corrected chi connectivity index (χ1v) is 7.38. The second kappa shape index (κ2) is 7.02. The molecule has 0 aliphatic rings. The smallest absolute Gasteiger partial charge is 0.123 e. The highest BCUT2D eigenvalue weighted by Crippen LogP contribution is 2.25. The minimum Gasteiger partial charge on any atom is -0.496 e. The molecular formula is C18H24N2O. The Morgan fingerprint density at radius 1 is 1.14 bits per heavy atom. The summed E-state index contributed by atoms with van der Waals surface area (Å²) in [6.07, 6.45) is 1.09. The zero-order chi connectivity index (χ0) is 15.2. The van der Waals surface area contributed by atoms with E-state index in [4.69, 9.17) is 10.5 Å². The molecule has 3 heteroatoms. The summed E-state index contributed by atoms with van der Waals surface area (Å²) >= 11 is 0. The zero-order valence-electron chi connectivity index (χ0n) is 13.1. The highest BCUT2D eigenvalue weighted by molar-refractivity contribution is 5.56. The number of ether oxygens (including phenoxy) is 1. The van der Waals surface area contributed by atoms with E-state index in [0.29, 0.717) is 0 Å². The number of aryl methyl sites for hydroxylation is 1. The lowest BCUT2D eigenvalue weighted by molar-refractivity contribution is 0.409. The van der Waals surface area contributed by atoms with Crippen molar-refractivity contribution < 1.29 is 4.74 Å². The maximum absolute atomic E-state index is 5.91. The molecule has 0 atom stereocenters. The van der Waals surface area contributed by atoms with Gasteiger partial charge in [-0.3, -0.25) is 0 Å². The Bertz CT molecular complexity index is 596. The maximum atomic E-state index is 5.91. The fourth-order valence-corrected chi connectivity index (χ4v) is 2.53. The Kier molecular flexibility index (Phi) is 5.09. The first kappa shape index (κ1) is 15.2. The van der Waals surface area contributed by atoms with E-state index in [9.17, 15) is 0 Å². The summed E-state index contributed by atoms with van der Waals surface area (Å²) in [7, 11) is 1.72. The number of hydrogen-bond donors (Lipinski definition) is 1.